The van der Waals surface area contributed by atoms with E-state index in [9.17, 15) is 9.90 Å². The van der Waals surface area contributed by atoms with Crippen LogP contribution in [0.3, 0.4) is 0 Å². The molecule has 0 aromatic rings. The van der Waals surface area contributed by atoms with E-state index in [2.05, 4.69) is 13.8 Å². The molecule has 0 spiro atoms. The number of carbonyl (C=O) groups is 1. The van der Waals surface area contributed by atoms with Crippen molar-refractivity contribution in [1.82, 2.24) is 0 Å². The molecule has 2 atom stereocenters. The number of aliphatic carboxylic acids is 1. The minimum atomic E-state index is -0.930. The second kappa shape index (κ2) is 4.31. The molecule has 2 heteroatoms. The maximum Gasteiger partial charge on any atom is 0.0442 e. The van der Waals surface area contributed by atoms with Gasteiger partial charge >= 0.3 is 0 Å². The second-order valence-electron chi connectivity index (χ2n) is 2.97. The van der Waals surface area contributed by atoms with Crippen LogP contribution < -0.4 is 5.11 Å². The van der Waals surface area contributed by atoms with Crippen LogP contribution in [0, 0.1) is 11.8 Å². The summed E-state index contributed by atoms with van der Waals surface area (Å²) < 4.78 is 0. The molecular weight excluding hydrogens is 128 g/mol. The first-order valence-corrected chi connectivity index (χ1v) is 3.78. The molecule has 0 aliphatic carbocycles. The van der Waals surface area contributed by atoms with Crippen LogP contribution in [-0.2, 0) is 4.79 Å². The van der Waals surface area contributed by atoms with Crippen LogP contribution in [-0.4, -0.2) is 5.97 Å². The molecule has 0 unspecified atom stereocenters. The van der Waals surface area contributed by atoms with Gasteiger partial charge in [-0.15, -0.1) is 0 Å². The van der Waals surface area contributed by atoms with E-state index in [1.165, 1.54) is 0 Å². The monoisotopic (exact) mass is 143 g/mol. The second-order valence-corrected chi connectivity index (χ2v) is 2.97. The van der Waals surface area contributed by atoms with Crippen LogP contribution in [0.15, 0.2) is 0 Å². The van der Waals surface area contributed by atoms with Crippen LogP contribution in [0.4, 0.5) is 0 Å². The smallest absolute Gasteiger partial charge is 0.0442 e. The number of hydrogen-bond donors (Lipinski definition) is 0. The van der Waals surface area contributed by atoms with E-state index >= 15 is 0 Å². The van der Waals surface area contributed by atoms with Gasteiger partial charge in [-0.2, -0.15) is 0 Å². The number of hydrogen-bond acceptors (Lipinski definition) is 2. The van der Waals surface area contributed by atoms with Gasteiger partial charge in [-0.25, -0.2) is 0 Å². The molecule has 0 saturated heterocycles. The van der Waals surface area contributed by atoms with Gasteiger partial charge in [-0.1, -0.05) is 27.2 Å². The van der Waals surface area contributed by atoms with E-state index in [1.807, 2.05) is 0 Å². The fourth-order valence-electron chi connectivity index (χ4n) is 0.866. The lowest BCUT2D eigenvalue weighted by atomic mass is 9.96. The number of carbonyl (C=O) groups excluding carboxylic acids is 1. The Morgan fingerprint density at radius 2 is 2.00 bits per heavy atom. The van der Waals surface area contributed by atoms with E-state index in [0.29, 0.717) is 5.92 Å². The summed E-state index contributed by atoms with van der Waals surface area (Å²) in [5.41, 5.74) is 0. The van der Waals surface area contributed by atoms with Crippen LogP contribution in [0.5, 0.6) is 0 Å². The Morgan fingerprint density at radius 1 is 1.50 bits per heavy atom. The zero-order valence-electron chi connectivity index (χ0n) is 6.89. The van der Waals surface area contributed by atoms with Gasteiger partial charge in [0.25, 0.3) is 0 Å². The molecule has 0 amide bonds. The molecular formula is C8H15O2-. The molecule has 0 aliphatic rings. The van der Waals surface area contributed by atoms with Crippen molar-refractivity contribution in [2.45, 2.75) is 33.6 Å². The third-order valence-corrected chi connectivity index (χ3v) is 1.86. The summed E-state index contributed by atoms with van der Waals surface area (Å²) in [4.78, 5) is 10.2. The third-order valence-electron chi connectivity index (χ3n) is 1.86. The molecule has 2 nitrogen and oxygen atoms in total. The first kappa shape index (κ1) is 9.47. The van der Waals surface area contributed by atoms with E-state index in [-0.39, 0.29) is 5.92 Å². The topological polar surface area (TPSA) is 40.1 Å². The van der Waals surface area contributed by atoms with Crippen LogP contribution in [0.2, 0.25) is 0 Å². The van der Waals surface area contributed by atoms with Crippen molar-refractivity contribution in [3.8, 4) is 0 Å². The number of rotatable bonds is 4. The van der Waals surface area contributed by atoms with Crippen molar-refractivity contribution in [3.05, 3.63) is 0 Å². The summed E-state index contributed by atoms with van der Waals surface area (Å²) in [7, 11) is 0. The average molecular weight is 143 g/mol. The van der Waals surface area contributed by atoms with Crippen LogP contribution >= 0.6 is 0 Å². The van der Waals surface area contributed by atoms with Gasteiger partial charge < -0.3 is 9.90 Å². The maximum absolute atomic E-state index is 10.2. The summed E-state index contributed by atoms with van der Waals surface area (Å²) in [6, 6.07) is 0. The highest BCUT2D eigenvalue weighted by molar-refractivity contribution is 5.66. The van der Waals surface area contributed by atoms with E-state index in [0.717, 1.165) is 12.8 Å². The highest BCUT2D eigenvalue weighted by atomic mass is 16.4. The highest BCUT2D eigenvalue weighted by Gasteiger charge is 2.06. The van der Waals surface area contributed by atoms with Gasteiger partial charge in [-0.3, -0.25) is 0 Å². The van der Waals surface area contributed by atoms with Crippen molar-refractivity contribution in [3.63, 3.8) is 0 Å². The van der Waals surface area contributed by atoms with Gasteiger partial charge in [0.05, 0.1) is 0 Å². The Kier molecular flexibility index (Phi) is 4.08. The van der Waals surface area contributed by atoms with E-state index in [1.54, 1.807) is 6.92 Å². The summed E-state index contributed by atoms with van der Waals surface area (Å²) in [5.74, 6) is -0.733. The Balaban J connectivity index is 3.56. The minimum Gasteiger partial charge on any atom is -0.550 e. The van der Waals surface area contributed by atoms with Gasteiger partial charge in [0.1, 0.15) is 0 Å². The molecule has 0 aromatic heterocycles. The number of carboxylic acid groups (broad SMARTS) is 1. The van der Waals surface area contributed by atoms with Crippen LogP contribution in [0.25, 0.3) is 0 Å². The molecule has 60 valence electrons. The molecule has 0 aromatic carbocycles. The van der Waals surface area contributed by atoms with Crippen molar-refractivity contribution in [2.75, 3.05) is 0 Å². The fraction of sp³-hybridized carbons (Fsp3) is 0.875. The highest BCUT2D eigenvalue weighted by Crippen LogP contribution is 2.13. The normalized spacial score (nSPS) is 16.3. The van der Waals surface area contributed by atoms with Crippen molar-refractivity contribution >= 4 is 5.97 Å². The standard InChI is InChI=1S/C8H16O2/c1-4-6(2)5-7(3)8(9)10/h6-7H,4-5H2,1-3H3,(H,9,10)/p-1/t6-,7-/m1/s1. The molecule has 0 heterocycles. The zero-order valence-corrected chi connectivity index (χ0v) is 6.89. The van der Waals surface area contributed by atoms with Gasteiger partial charge in [0.2, 0.25) is 0 Å². The largest absolute Gasteiger partial charge is 0.550 e. The average Bonchev–Trinajstić information content (AvgIpc) is 1.87. The molecule has 0 saturated carbocycles. The fourth-order valence-corrected chi connectivity index (χ4v) is 0.866. The molecule has 10 heavy (non-hydrogen) atoms. The maximum atomic E-state index is 10.2. The van der Waals surface area contributed by atoms with Crippen molar-refractivity contribution in [1.29, 1.82) is 0 Å². The Bertz CT molecular complexity index is 110. The quantitative estimate of drug-likeness (QED) is 0.584. The Hall–Kier alpha value is -0.530. The predicted octanol–water partition coefficient (Wildman–Crippen LogP) is 0.809. The minimum absolute atomic E-state index is 0.296. The van der Waals surface area contributed by atoms with Crippen LogP contribution in [0.1, 0.15) is 33.6 Å². The molecule has 0 N–H and O–H groups in total. The zero-order chi connectivity index (χ0) is 8.15. The molecule has 0 fully saturated rings. The summed E-state index contributed by atoms with van der Waals surface area (Å²) in [6.45, 7) is 5.81. The summed E-state index contributed by atoms with van der Waals surface area (Å²) in [6.07, 6.45) is 1.77. The SMILES string of the molecule is CC[C@@H](C)C[C@@H](C)C(=O)[O-]. The molecule has 0 aliphatic heterocycles. The summed E-state index contributed by atoms with van der Waals surface area (Å²) >= 11 is 0. The molecule has 0 rings (SSSR count). The first-order chi connectivity index (χ1) is 4.57. The first-order valence-electron chi connectivity index (χ1n) is 3.78. The van der Waals surface area contributed by atoms with E-state index in [4.69, 9.17) is 0 Å². The van der Waals surface area contributed by atoms with Gasteiger partial charge in [0.15, 0.2) is 0 Å². The van der Waals surface area contributed by atoms with Crippen molar-refractivity contribution in [2.24, 2.45) is 11.8 Å². The summed E-state index contributed by atoms with van der Waals surface area (Å²) in [5, 5.41) is 10.2. The van der Waals surface area contributed by atoms with Gasteiger partial charge in [0, 0.05) is 5.97 Å². The third kappa shape index (κ3) is 3.49. The van der Waals surface area contributed by atoms with E-state index < -0.39 is 5.97 Å². The lowest BCUT2D eigenvalue weighted by molar-refractivity contribution is -0.311. The van der Waals surface area contributed by atoms with Gasteiger partial charge in [-0.05, 0) is 18.3 Å². The Labute approximate surface area is 62.2 Å². The molecule has 0 bridgehead atoms. The molecule has 0 radical (unpaired) electrons. The van der Waals surface area contributed by atoms with Crippen molar-refractivity contribution < 1.29 is 9.90 Å². The Morgan fingerprint density at radius 3 is 2.30 bits per heavy atom. The predicted molar refractivity (Wildman–Crippen MR) is 38.2 cm³/mol. The lowest BCUT2D eigenvalue weighted by Gasteiger charge is -2.15. The lowest BCUT2D eigenvalue weighted by Crippen LogP contribution is -2.30. The number of carboxylic acids is 1.